The summed E-state index contributed by atoms with van der Waals surface area (Å²) in [6.07, 6.45) is 1.13. The molecule has 2 N–H and O–H groups in total. The number of phenolic OH excluding ortho intramolecular Hbond substituents is 2. The summed E-state index contributed by atoms with van der Waals surface area (Å²) in [6.45, 7) is 0. The lowest BCUT2D eigenvalue weighted by Crippen LogP contribution is -2.04. The third-order valence-electron chi connectivity index (χ3n) is 3.12. The van der Waals surface area contributed by atoms with Crippen LogP contribution in [0.5, 0.6) is 11.5 Å². The normalized spacial score (nSPS) is 11.0. The smallest absolute Gasteiger partial charge is 0.201 e. The average Bonchev–Trinajstić information content (AvgIpc) is 2.47. The summed E-state index contributed by atoms with van der Waals surface area (Å²) < 4.78 is 18.4. The van der Waals surface area contributed by atoms with Crippen molar-refractivity contribution in [2.45, 2.75) is 0 Å². The molecule has 0 aliphatic rings. The lowest BCUT2D eigenvalue weighted by atomic mass is 10.1. The van der Waals surface area contributed by atoms with Crippen LogP contribution >= 0.6 is 11.6 Å². The first-order chi connectivity index (χ1) is 9.99. The molecule has 0 radical (unpaired) electrons. The molecule has 4 nitrogen and oxygen atoms in total. The second-order valence-corrected chi connectivity index (χ2v) is 4.82. The van der Waals surface area contributed by atoms with Crippen molar-refractivity contribution in [1.82, 2.24) is 0 Å². The Bertz CT molecular complexity index is 917. The average molecular weight is 307 g/mol. The molecule has 2 aromatic carbocycles. The summed E-state index contributed by atoms with van der Waals surface area (Å²) in [7, 11) is 0. The fourth-order valence-corrected chi connectivity index (χ4v) is 2.22. The zero-order chi connectivity index (χ0) is 15.1. The molecule has 3 aromatic rings. The summed E-state index contributed by atoms with van der Waals surface area (Å²) in [5.74, 6) is -1.48. The fraction of sp³-hybridized carbons (Fsp3) is 0. The first-order valence-corrected chi connectivity index (χ1v) is 6.28. The van der Waals surface area contributed by atoms with E-state index in [0.29, 0.717) is 5.56 Å². The number of hydrogen-bond acceptors (Lipinski definition) is 4. The first-order valence-electron chi connectivity index (χ1n) is 5.91. The van der Waals surface area contributed by atoms with Gasteiger partial charge < -0.3 is 14.6 Å². The maximum absolute atomic E-state index is 13.2. The molecule has 0 fully saturated rings. The number of halogens is 2. The Kier molecular flexibility index (Phi) is 3.07. The van der Waals surface area contributed by atoms with Gasteiger partial charge in [-0.3, -0.25) is 4.79 Å². The Hall–Kier alpha value is -2.53. The Morgan fingerprint density at radius 2 is 1.90 bits per heavy atom. The monoisotopic (exact) mass is 306 g/mol. The number of benzene rings is 2. The molecule has 0 atom stereocenters. The summed E-state index contributed by atoms with van der Waals surface area (Å²) in [6, 6.07) is 6.39. The molecule has 106 valence electrons. The molecule has 0 spiro atoms. The van der Waals surface area contributed by atoms with Crippen molar-refractivity contribution in [3.8, 4) is 22.6 Å². The van der Waals surface area contributed by atoms with E-state index in [0.717, 1.165) is 12.3 Å². The van der Waals surface area contributed by atoms with E-state index < -0.39 is 17.0 Å². The number of fused-ring (bicyclic) bond motifs is 1. The summed E-state index contributed by atoms with van der Waals surface area (Å²) in [4.78, 5) is 12.4. The molecule has 0 saturated heterocycles. The van der Waals surface area contributed by atoms with Gasteiger partial charge in [0.05, 0.1) is 16.0 Å². The number of rotatable bonds is 1. The molecular weight excluding hydrogens is 299 g/mol. The molecule has 1 aromatic heterocycles. The van der Waals surface area contributed by atoms with E-state index in [-0.39, 0.29) is 27.3 Å². The predicted octanol–water partition coefficient (Wildman–Crippen LogP) is 3.66. The van der Waals surface area contributed by atoms with E-state index in [4.69, 9.17) is 16.0 Å². The van der Waals surface area contributed by atoms with Crippen molar-refractivity contribution in [2.24, 2.45) is 0 Å². The molecule has 6 heteroatoms. The van der Waals surface area contributed by atoms with Crippen molar-refractivity contribution in [2.75, 3.05) is 0 Å². The topological polar surface area (TPSA) is 70.7 Å². The molecule has 0 aliphatic heterocycles. The highest BCUT2D eigenvalue weighted by molar-refractivity contribution is 6.31. The van der Waals surface area contributed by atoms with Crippen LogP contribution in [0.2, 0.25) is 5.02 Å². The summed E-state index contributed by atoms with van der Waals surface area (Å²) in [5.41, 5.74) is 0.0327. The van der Waals surface area contributed by atoms with E-state index in [1.54, 1.807) is 0 Å². The lowest BCUT2D eigenvalue weighted by molar-refractivity contribution is 0.399. The van der Waals surface area contributed by atoms with E-state index in [1.165, 1.54) is 24.3 Å². The largest absolute Gasteiger partial charge is 0.504 e. The van der Waals surface area contributed by atoms with E-state index in [2.05, 4.69) is 0 Å². The van der Waals surface area contributed by atoms with Crippen molar-refractivity contribution >= 4 is 22.6 Å². The first kappa shape index (κ1) is 13.5. The van der Waals surface area contributed by atoms with Crippen LogP contribution in [0.4, 0.5) is 4.39 Å². The standard InChI is InChI=1S/C15H8ClFO4/c16-10-5-7(1-3-11(10)17)9-6-21-15-8(13(9)19)2-4-12(18)14(15)20/h1-6,18,20H. The van der Waals surface area contributed by atoms with Crippen molar-refractivity contribution in [3.05, 3.63) is 57.7 Å². The summed E-state index contributed by atoms with van der Waals surface area (Å²) in [5, 5.41) is 19.1. The van der Waals surface area contributed by atoms with E-state index >= 15 is 0 Å². The molecular formula is C15H8ClFO4. The zero-order valence-electron chi connectivity index (χ0n) is 10.4. The van der Waals surface area contributed by atoms with E-state index in [1.807, 2.05) is 0 Å². The maximum Gasteiger partial charge on any atom is 0.201 e. The van der Waals surface area contributed by atoms with Gasteiger partial charge in [-0.25, -0.2) is 4.39 Å². The van der Waals surface area contributed by atoms with Gasteiger partial charge in [-0.1, -0.05) is 17.7 Å². The molecule has 0 amide bonds. The van der Waals surface area contributed by atoms with Gasteiger partial charge in [-0.2, -0.15) is 0 Å². The van der Waals surface area contributed by atoms with Crippen molar-refractivity contribution in [3.63, 3.8) is 0 Å². The highest BCUT2D eigenvalue weighted by atomic mass is 35.5. The Labute approximate surface area is 122 Å². The SMILES string of the molecule is O=c1c(-c2ccc(F)c(Cl)c2)coc2c(O)c(O)ccc12. The van der Waals surface area contributed by atoms with Gasteiger partial charge in [-0.15, -0.1) is 0 Å². The Balaban J connectivity index is 2.30. The van der Waals surface area contributed by atoms with Crippen LogP contribution in [0.25, 0.3) is 22.1 Å². The van der Waals surface area contributed by atoms with Gasteiger partial charge >= 0.3 is 0 Å². The quantitative estimate of drug-likeness (QED) is 0.673. The van der Waals surface area contributed by atoms with Crippen LogP contribution in [0.3, 0.4) is 0 Å². The minimum Gasteiger partial charge on any atom is -0.504 e. The Morgan fingerprint density at radius 1 is 1.14 bits per heavy atom. The number of phenols is 2. The van der Waals surface area contributed by atoms with Crippen LogP contribution in [-0.2, 0) is 0 Å². The highest BCUT2D eigenvalue weighted by Crippen LogP contribution is 2.33. The second kappa shape index (κ2) is 4.79. The zero-order valence-corrected chi connectivity index (χ0v) is 11.2. The van der Waals surface area contributed by atoms with Crippen molar-refractivity contribution < 1.29 is 19.0 Å². The molecule has 1 heterocycles. The Morgan fingerprint density at radius 3 is 2.62 bits per heavy atom. The van der Waals surface area contributed by atoms with E-state index in [9.17, 15) is 19.4 Å². The van der Waals surface area contributed by atoms with Gasteiger partial charge in [0.2, 0.25) is 11.2 Å². The van der Waals surface area contributed by atoms with Gasteiger partial charge in [0, 0.05) is 0 Å². The van der Waals surface area contributed by atoms with Crippen LogP contribution in [0, 0.1) is 5.82 Å². The minimum absolute atomic E-state index is 0.100. The van der Waals surface area contributed by atoms with Crippen LogP contribution in [0.15, 0.2) is 45.8 Å². The third-order valence-corrected chi connectivity index (χ3v) is 3.41. The molecule has 0 bridgehead atoms. The minimum atomic E-state index is -0.590. The predicted molar refractivity (Wildman–Crippen MR) is 76.2 cm³/mol. The molecule has 21 heavy (non-hydrogen) atoms. The maximum atomic E-state index is 13.2. The van der Waals surface area contributed by atoms with Gasteiger partial charge in [0.1, 0.15) is 12.1 Å². The van der Waals surface area contributed by atoms with Crippen LogP contribution < -0.4 is 5.43 Å². The van der Waals surface area contributed by atoms with Crippen LogP contribution in [0.1, 0.15) is 0 Å². The lowest BCUT2D eigenvalue weighted by Gasteiger charge is -2.05. The third kappa shape index (κ3) is 2.11. The fourth-order valence-electron chi connectivity index (χ4n) is 2.04. The van der Waals surface area contributed by atoms with Crippen molar-refractivity contribution in [1.29, 1.82) is 0 Å². The number of hydrogen-bond donors (Lipinski definition) is 2. The molecule has 0 unspecified atom stereocenters. The second-order valence-electron chi connectivity index (χ2n) is 4.42. The van der Waals surface area contributed by atoms with Gasteiger partial charge in [0.15, 0.2) is 11.3 Å². The molecule has 0 aliphatic carbocycles. The van der Waals surface area contributed by atoms with Gasteiger partial charge in [0.25, 0.3) is 0 Å². The highest BCUT2D eigenvalue weighted by Gasteiger charge is 2.15. The number of aromatic hydroxyl groups is 2. The molecule has 3 rings (SSSR count). The summed E-state index contributed by atoms with van der Waals surface area (Å²) >= 11 is 5.70. The van der Waals surface area contributed by atoms with Gasteiger partial charge in [-0.05, 0) is 29.8 Å². The van der Waals surface area contributed by atoms with Crippen LogP contribution in [-0.4, -0.2) is 10.2 Å². The molecule has 0 saturated carbocycles.